The van der Waals surface area contributed by atoms with Crippen LogP contribution in [-0.4, -0.2) is 52.6 Å². The summed E-state index contributed by atoms with van der Waals surface area (Å²) in [6.07, 6.45) is 2.54. The average Bonchev–Trinajstić information content (AvgIpc) is 2.64. The Morgan fingerprint density at radius 3 is 3.06 bits per heavy atom. The van der Waals surface area contributed by atoms with E-state index < -0.39 is 0 Å². The van der Waals surface area contributed by atoms with Gasteiger partial charge in [0.1, 0.15) is 10.7 Å². The van der Waals surface area contributed by atoms with E-state index in [1.165, 1.54) is 30.9 Å². The molecule has 1 aliphatic heterocycles. The van der Waals surface area contributed by atoms with Gasteiger partial charge in [-0.15, -0.1) is 5.10 Å². The lowest BCUT2D eigenvalue weighted by Gasteiger charge is -2.35. The smallest absolute Gasteiger partial charge is 0.132 e. The molecular formula is C10H19N5S. The zero-order chi connectivity index (χ0) is 11.5. The number of piperidine rings is 1. The van der Waals surface area contributed by atoms with Crippen LogP contribution in [0, 0.1) is 0 Å². The highest BCUT2D eigenvalue weighted by Gasteiger charge is 2.22. The van der Waals surface area contributed by atoms with Crippen molar-refractivity contribution in [1.29, 1.82) is 0 Å². The van der Waals surface area contributed by atoms with Gasteiger partial charge in [0.15, 0.2) is 0 Å². The zero-order valence-corrected chi connectivity index (χ0v) is 10.7. The van der Waals surface area contributed by atoms with Gasteiger partial charge in [-0.3, -0.25) is 4.90 Å². The summed E-state index contributed by atoms with van der Waals surface area (Å²) in [7, 11) is 4.32. The first-order valence-electron chi connectivity index (χ1n) is 5.62. The Morgan fingerprint density at radius 2 is 2.44 bits per heavy atom. The Labute approximate surface area is 100 Å². The molecule has 2 N–H and O–H groups in total. The number of hydrogen-bond acceptors (Lipinski definition) is 6. The fourth-order valence-electron chi connectivity index (χ4n) is 2.19. The number of hydrogen-bond donors (Lipinski definition) is 1. The van der Waals surface area contributed by atoms with Gasteiger partial charge in [-0.25, -0.2) is 0 Å². The average molecular weight is 241 g/mol. The summed E-state index contributed by atoms with van der Waals surface area (Å²) in [6, 6.07) is 0.611. The van der Waals surface area contributed by atoms with Crippen LogP contribution in [-0.2, 0) is 6.54 Å². The number of likely N-dealkylation sites (N-methyl/N-ethyl adjacent to an activating group) is 2. The molecular weight excluding hydrogens is 222 g/mol. The number of anilines is 1. The molecule has 1 saturated heterocycles. The third-order valence-corrected chi connectivity index (χ3v) is 3.80. The predicted molar refractivity (Wildman–Crippen MR) is 66.3 cm³/mol. The summed E-state index contributed by atoms with van der Waals surface area (Å²) in [5.74, 6) is 0. The maximum Gasteiger partial charge on any atom is 0.132 e. The molecule has 90 valence electrons. The lowest BCUT2D eigenvalue weighted by Crippen LogP contribution is -2.44. The van der Waals surface area contributed by atoms with Crippen LogP contribution in [0.5, 0.6) is 0 Å². The molecule has 1 aromatic rings. The number of rotatable bonds is 3. The summed E-state index contributed by atoms with van der Waals surface area (Å²) in [4.78, 5) is 4.72. The van der Waals surface area contributed by atoms with E-state index >= 15 is 0 Å². The van der Waals surface area contributed by atoms with E-state index in [4.69, 9.17) is 5.73 Å². The topological polar surface area (TPSA) is 58.3 Å². The first-order valence-corrected chi connectivity index (χ1v) is 6.39. The van der Waals surface area contributed by atoms with E-state index in [0.29, 0.717) is 6.04 Å². The first-order chi connectivity index (χ1) is 7.66. The van der Waals surface area contributed by atoms with Crippen molar-refractivity contribution in [3.63, 3.8) is 0 Å². The Balaban J connectivity index is 1.92. The summed E-state index contributed by atoms with van der Waals surface area (Å²) < 4.78 is 3.86. The van der Waals surface area contributed by atoms with Gasteiger partial charge in [0.25, 0.3) is 0 Å². The summed E-state index contributed by atoms with van der Waals surface area (Å²) in [5, 5.41) is 4.80. The van der Waals surface area contributed by atoms with Gasteiger partial charge in [0, 0.05) is 30.7 Å². The molecule has 1 unspecified atom stereocenters. The SMILES string of the molecule is CN1CCCC(N(C)Cc2nnsc2N)C1. The Bertz CT molecular complexity index is 340. The lowest BCUT2D eigenvalue weighted by atomic mass is 10.1. The number of nitrogens with two attached hydrogens (primary N) is 1. The molecule has 0 saturated carbocycles. The summed E-state index contributed by atoms with van der Waals surface area (Å²) in [6.45, 7) is 3.15. The maximum absolute atomic E-state index is 5.80. The Kier molecular flexibility index (Phi) is 3.73. The van der Waals surface area contributed by atoms with Crippen molar-refractivity contribution in [2.45, 2.75) is 25.4 Å². The highest BCUT2D eigenvalue weighted by molar-refractivity contribution is 7.09. The number of likely N-dealkylation sites (tertiary alicyclic amines) is 1. The van der Waals surface area contributed by atoms with Crippen molar-refractivity contribution in [3.8, 4) is 0 Å². The molecule has 2 rings (SSSR count). The standard InChI is InChI=1S/C10H19N5S/c1-14-5-3-4-8(6-14)15(2)7-9-10(11)16-13-12-9/h8H,3-7,11H2,1-2H3. The minimum absolute atomic E-state index is 0.611. The predicted octanol–water partition coefficient (Wildman–Crippen LogP) is 0.646. The highest BCUT2D eigenvalue weighted by atomic mass is 32.1. The zero-order valence-electron chi connectivity index (χ0n) is 9.89. The second kappa shape index (κ2) is 5.07. The van der Waals surface area contributed by atoms with E-state index in [1.807, 2.05) is 0 Å². The number of nitrogens with zero attached hydrogens (tertiary/aromatic N) is 4. The molecule has 1 fully saturated rings. The molecule has 0 aliphatic carbocycles. The van der Waals surface area contributed by atoms with Crippen LogP contribution in [0.2, 0.25) is 0 Å². The van der Waals surface area contributed by atoms with Crippen LogP contribution in [0.3, 0.4) is 0 Å². The second-order valence-electron chi connectivity index (χ2n) is 4.56. The van der Waals surface area contributed by atoms with Crippen LogP contribution in [0.1, 0.15) is 18.5 Å². The van der Waals surface area contributed by atoms with Crippen LogP contribution in [0.25, 0.3) is 0 Å². The maximum atomic E-state index is 5.80. The molecule has 1 atom stereocenters. The minimum Gasteiger partial charge on any atom is -0.388 e. The van der Waals surface area contributed by atoms with E-state index in [-0.39, 0.29) is 0 Å². The van der Waals surface area contributed by atoms with Gasteiger partial charge in [0.05, 0.1) is 0 Å². The van der Waals surface area contributed by atoms with E-state index in [0.717, 1.165) is 23.8 Å². The van der Waals surface area contributed by atoms with Crippen molar-refractivity contribution < 1.29 is 0 Å². The van der Waals surface area contributed by atoms with E-state index in [9.17, 15) is 0 Å². The van der Waals surface area contributed by atoms with Crippen molar-refractivity contribution in [2.24, 2.45) is 0 Å². The highest BCUT2D eigenvalue weighted by Crippen LogP contribution is 2.18. The largest absolute Gasteiger partial charge is 0.388 e. The summed E-state index contributed by atoms with van der Waals surface area (Å²) >= 11 is 1.27. The van der Waals surface area contributed by atoms with Crippen molar-refractivity contribution in [1.82, 2.24) is 19.4 Å². The van der Waals surface area contributed by atoms with Crippen molar-refractivity contribution >= 4 is 16.5 Å². The van der Waals surface area contributed by atoms with E-state index in [2.05, 4.69) is 33.5 Å². The summed E-state index contributed by atoms with van der Waals surface area (Å²) in [5.41, 5.74) is 6.72. The Morgan fingerprint density at radius 1 is 1.62 bits per heavy atom. The molecule has 16 heavy (non-hydrogen) atoms. The molecule has 0 aromatic carbocycles. The first kappa shape index (κ1) is 11.8. The van der Waals surface area contributed by atoms with Gasteiger partial charge in [-0.05, 0) is 33.5 Å². The molecule has 0 radical (unpaired) electrons. The molecule has 0 spiro atoms. The minimum atomic E-state index is 0.611. The fourth-order valence-corrected chi connectivity index (χ4v) is 2.63. The van der Waals surface area contributed by atoms with Gasteiger partial charge < -0.3 is 10.6 Å². The van der Waals surface area contributed by atoms with Gasteiger partial charge in [-0.2, -0.15) is 0 Å². The molecule has 0 bridgehead atoms. The lowest BCUT2D eigenvalue weighted by molar-refractivity contribution is 0.128. The number of nitrogen functional groups attached to an aromatic ring is 1. The molecule has 5 nitrogen and oxygen atoms in total. The molecule has 0 amide bonds. The van der Waals surface area contributed by atoms with Crippen molar-refractivity contribution in [3.05, 3.63) is 5.69 Å². The van der Waals surface area contributed by atoms with Crippen LogP contribution in [0.15, 0.2) is 0 Å². The monoisotopic (exact) mass is 241 g/mol. The third-order valence-electron chi connectivity index (χ3n) is 3.21. The van der Waals surface area contributed by atoms with Gasteiger partial charge in [-0.1, -0.05) is 4.49 Å². The molecule has 6 heteroatoms. The molecule has 1 aromatic heterocycles. The number of aromatic nitrogens is 2. The fraction of sp³-hybridized carbons (Fsp3) is 0.800. The van der Waals surface area contributed by atoms with Crippen LogP contribution >= 0.6 is 11.5 Å². The normalized spacial score (nSPS) is 22.8. The quantitative estimate of drug-likeness (QED) is 0.842. The van der Waals surface area contributed by atoms with Crippen LogP contribution < -0.4 is 5.73 Å². The third kappa shape index (κ3) is 2.69. The van der Waals surface area contributed by atoms with Gasteiger partial charge in [0.2, 0.25) is 0 Å². The Hall–Kier alpha value is -0.720. The van der Waals surface area contributed by atoms with Crippen LogP contribution in [0.4, 0.5) is 5.00 Å². The molecule has 2 heterocycles. The van der Waals surface area contributed by atoms with Crippen molar-refractivity contribution in [2.75, 3.05) is 32.9 Å². The van der Waals surface area contributed by atoms with E-state index in [1.54, 1.807) is 0 Å². The second-order valence-corrected chi connectivity index (χ2v) is 5.34. The van der Waals surface area contributed by atoms with Gasteiger partial charge >= 0.3 is 0 Å². The molecule has 1 aliphatic rings.